The van der Waals surface area contributed by atoms with Crippen LogP contribution in [0.15, 0.2) is 28.9 Å². The fraction of sp³-hybridized carbons (Fsp3) is 0.182. The highest BCUT2D eigenvalue weighted by atomic mass is 35.5. The monoisotopic (exact) mass is 222 g/mol. The molecule has 0 unspecified atom stereocenters. The summed E-state index contributed by atoms with van der Waals surface area (Å²) in [7, 11) is 0. The number of halogens is 1. The average Bonchev–Trinajstić information content (AvgIpc) is 2.64. The molecule has 78 valence electrons. The second-order valence-corrected chi connectivity index (χ2v) is 3.80. The van der Waals surface area contributed by atoms with Crippen LogP contribution in [0.25, 0.3) is 11.5 Å². The first kappa shape index (κ1) is 10.2. The number of hydrogen-bond acceptors (Lipinski definition) is 3. The van der Waals surface area contributed by atoms with E-state index in [9.17, 15) is 0 Å². The van der Waals surface area contributed by atoms with Crippen LogP contribution in [0.5, 0.6) is 0 Å². The van der Waals surface area contributed by atoms with Crippen LogP contribution in [0.3, 0.4) is 0 Å². The molecule has 0 radical (unpaired) electrons. The number of benzene rings is 1. The van der Waals surface area contributed by atoms with E-state index in [0.29, 0.717) is 17.5 Å². The lowest BCUT2D eigenvalue weighted by molar-refractivity contribution is 0.572. The van der Waals surface area contributed by atoms with Crippen molar-refractivity contribution in [3.05, 3.63) is 40.7 Å². The number of aryl methyl sites for hydroxylation is 1. The van der Waals surface area contributed by atoms with Gasteiger partial charge in [0.1, 0.15) is 6.26 Å². The molecule has 1 aromatic carbocycles. The largest absolute Gasteiger partial charge is 0.444 e. The van der Waals surface area contributed by atoms with Crippen molar-refractivity contribution < 1.29 is 4.42 Å². The third-order valence-electron chi connectivity index (χ3n) is 2.05. The lowest BCUT2D eigenvalue weighted by atomic mass is 10.1. The van der Waals surface area contributed by atoms with E-state index in [-0.39, 0.29) is 0 Å². The first-order valence-corrected chi connectivity index (χ1v) is 4.99. The molecule has 1 aromatic heterocycles. The first-order chi connectivity index (χ1) is 7.19. The molecule has 2 aromatic rings. The van der Waals surface area contributed by atoms with E-state index < -0.39 is 0 Å². The molecule has 0 aliphatic heterocycles. The van der Waals surface area contributed by atoms with E-state index in [1.807, 2.05) is 25.1 Å². The minimum atomic E-state index is 0.378. The second kappa shape index (κ2) is 4.04. The van der Waals surface area contributed by atoms with Crippen molar-refractivity contribution in [3.8, 4) is 11.5 Å². The maximum absolute atomic E-state index is 5.95. The number of nitrogens with zero attached hydrogens (tertiary/aromatic N) is 1. The zero-order chi connectivity index (χ0) is 10.8. The van der Waals surface area contributed by atoms with Gasteiger partial charge in [0.15, 0.2) is 0 Å². The molecule has 3 nitrogen and oxygen atoms in total. The predicted molar refractivity (Wildman–Crippen MR) is 59.6 cm³/mol. The Morgan fingerprint density at radius 1 is 1.40 bits per heavy atom. The van der Waals surface area contributed by atoms with E-state index in [1.54, 1.807) is 6.26 Å². The maximum atomic E-state index is 5.95. The highest BCUT2D eigenvalue weighted by molar-refractivity contribution is 6.30. The van der Waals surface area contributed by atoms with Gasteiger partial charge in [0, 0.05) is 17.1 Å². The normalized spacial score (nSPS) is 10.6. The Morgan fingerprint density at radius 3 is 2.80 bits per heavy atom. The van der Waals surface area contributed by atoms with Gasteiger partial charge in [-0.05, 0) is 30.7 Å². The average molecular weight is 223 g/mol. The van der Waals surface area contributed by atoms with Gasteiger partial charge < -0.3 is 10.2 Å². The molecule has 0 bridgehead atoms. The Hall–Kier alpha value is -1.32. The van der Waals surface area contributed by atoms with Crippen molar-refractivity contribution in [2.75, 3.05) is 0 Å². The Morgan fingerprint density at radius 2 is 2.20 bits per heavy atom. The highest BCUT2D eigenvalue weighted by Gasteiger charge is 2.06. The van der Waals surface area contributed by atoms with Crippen molar-refractivity contribution >= 4 is 11.6 Å². The number of nitrogens with two attached hydrogens (primary N) is 1. The standard InChI is InChI=1S/C11H11ClN2O/c1-7-2-8(4-9(12)3-7)11-14-10(5-13)6-15-11/h2-4,6H,5,13H2,1H3. The third kappa shape index (κ3) is 2.19. The van der Waals surface area contributed by atoms with Gasteiger partial charge in [0.2, 0.25) is 5.89 Å². The Balaban J connectivity index is 2.44. The van der Waals surface area contributed by atoms with Crippen LogP contribution in [-0.2, 0) is 6.54 Å². The molecule has 0 fully saturated rings. The lowest BCUT2D eigenvalue weighted by Crippen LogP contribution is -1.95. The Labute approximate surface area is 92.9 Å². The lowest BCUT2D eigenvalue weighted by Gasteiger charge is -1.99. The summed E-state index contributed by atoms with van der Waals surface area (Å²) in [5.74, 6) is 0.557. The van der Waals surface area contributed by atoms with E-state index in [4.69, 9.17) is 21.8 Å². The summed E-state index contributed by atoms with van der Waals surface area (Å²) in [4.78, 5) is 4.23. The van der Waals surface area contributed by atoms with Crippen molar-refractivity contribution in [2.45, 2.75) is 13.5 Å². The van der Waals surface area contributed by atoms with Gasteiger partial charge in [-0.15, -0.1) is 0 Å². The van der Waals surface area contributed by atoms with Gasteiger partial charge in [-0.3, -0.25) is 0 Å². The topological polar surface area (TPSA) is 52.0 Å². The first-order valence-electron chi connectivity index (χ1n) is 4.61. The summed E-state index contributed by atoms with van der Waals surface area (Å²) in [5.41, 5.74) is 8.14. The molecule has 0 amide bonds. The minimum absolute atomic E-state index is 0.378. The Kier molecular flexibility index (Phi) is 2.75. The van der Waals surface area contributed by atoms with Crippen LogP contribution < -0.4 is 5.73 Å². The molecular formula is C11H11ClN2O. The minimum Gasteiger partial charge on any atom is -0.444 e. The van der Waals surface area contributed by atoms with Gasteiger partial charge in [0.25, 0.3) is 0 Å². The quantitative estimate of drug-likeness (QED) is 0.850. The number of oxazole rings is 1. The van der Waals surface area contributed by atoms with E-state index in [1.165, 1.54) is 0 Å². The van der Waals surface area contributed by atoms with Gasteiger partial charge in [-0.2, -0.15) is 0 Å². The summed E-state index contributed by atoms with van der Waals surface area (Å²) >= 11 is 5.95. The molecule has 4 heteroatoms. The summed E-state index contributed by atoms with van der Waals surface area (Å²) in [6.45, 7) is 2.35. The van der Waals surface area contributed by atoms with Crippen molar-refractivity contribution in [3.63, 3.8) is 0 Å². The van der Waals surface area contributed by atoms with Crippen molar-refractivity contribution in [1.82, 2.24) is 4.98 Å². The van der Waals surface area contributed by atoms with Crippen LogP contribution in [0.4, 0.5) is 0 Å². The molecule has 2 N–H and O–H groups in total. The predicted octanol–water partition coefficient (Wildman–Crippen LogP) is 2.76. The van der Waals surface area contributed by atoms with Gasteiger partial charge in [-0.25, -0.2) is 4.98 Å². The fourth-order valence-corrected chi connectivity index (χ4v) is 1.68. The molecule has 0 spiro atoms. The van der Waals surface area contributed by atoms with Crippen LogP contribution in [-0.4, -0.2) is 4.98 Å². The molecular weight excluding hydrogens is 212 g/mol. The molecule has 0 atom stereocenters. The number of hydrogen-bond donors (Lipinski definition) is 1. The van der Waals surface area contributed by atoms with E-state index >= 15 is 0 Å². The van der Waals surface area contributed by atoms with Crippen LogP contribution in [0, 0.1) is 6.92 Å². The highest BCUT2D eigenvalue weighted by Crippen LogP contribution is 2.23. The zero-order valence-electron chi connectivity index (χ0n) is 8.33. The van der Waals surface area contributed by atoms with Gasteiger partial charge in [-0.1, -0.05) is 11.6 Å². The number of aromatic nitrogens is 1. The SMILES string of the molecule is Cc1cc(Cl)cc(-c2nc(CN)co2)c1. The molecule has 0 saturated heterocycles. The van der Waals surface area contributed by atoms with Crippen molar-refractivity contribution in [2.24, 2.45) is 5.73 Å². The van der Waals surface area contributed by atoms with Gasteiger partial charge in [0.05, 0.1) is 5.69 Å². The zero-order valence-corrected chi connectivity index (χ0v) is 9.08. The summed E-state index contributed by atoms with van der Waals surface area (Å²) in [5, 5.41) is 0.678. The summed E-state index contributed by atoms with van der Waals surface area (Å²) in [6, 6.07) is 5.68. The number of rotatable bonds is 2. The maximum Gasteiger partial charge on any atom is 0.226 e. The van der Waals surface area contributed by atoms with Crippen LogP contribution in [0.2, 0.25) is 5.02 Å². The van der Waals surface area contributed by atoms with Crippen LogP contribution >= 0.6 is 11.6 Å². The molecule has 1 heterocycles. The summed E-state index contributed by atoms with van der Waals surface area (Å²) in [6.07, 6.45) is 1.56. The molecule has 2 rings (SSSR count). The summed E-state index contributed by atoms with van der Waals surface area (Å²) < 4.78 is 5.30. The second-order valence-electron chi connectivity index (χ2n) is 3.37. The smallest absolute Gasteiger partial charge is 0.226 e. The molecule has 15 heavy (non-hydrogen) atoms. The van der Waals surface area contributed by atoms with E-state index in [2.05, 4.69) is 4.98 Å². The molecule has 0 aliphatic carbocycles. The molecule has 0 aliphatic rings. The van der Waals surface area contributed by atoms with Crippen LogP contribution in [0.1, 0.15) is 11.3 Å². The molecule has 0 saturated carbocycles. The van der Waals surface area contributed by atoms with E-state index in [0.717, 1.165) is 16.8 Å². The fourth-order valence-electron chi connectivity index (χ4n) is 1.39. The Bertz CT molecular complexity index is 459. The van der Waals surface area contributed by atoms with Gasteiger partial charge >= 0.3 is 0 Å². The van der Waals surface area contributed by atoms with Crippen molar-refractivity contribution in [1.29, 1.82) is 0 Å². The third-order valence-corrected chi connectivity index (χ3v) is 2.27.